The Morgan fingerprint density at radius 1 is 1.44 bits per heavy atom. The molecule has 0 aliphatic heterocycles. The predicted molar refractivity (Wildman–Crippen MR) is 70.7 cm³/mol. The molecule has 1 N–H and O–H groups in total. The number of carbonyl (C=O) groups is 2. The number of rotatable bonds is 6. The van der Waals surface area contributed by atoms with Crippen LogP contribution in [0.5, 0.6) is 5.75 Å². The van der Waals surface area contributed by atoms with Crippen molar-refractivity contribution < 1.29 is 14.3 Å². The Labute approximate surface area is 107 Å². The molecular weight excluding hydrogens is 230 g/mol. The Morgan fingerprint density at radius 2 is 2.22 bits per heavy atom. The maximum absolute atomic E-state index is 10.7. The predicted octanol–water partition coefficient (Wildman–Crippen LogP) is 2.05. The van der Waals surface area contributed by atoms with E-state index in [0.29, 0.717) is 17.9 Å². The summed E-state index contributed by atoms with van der Waals surface area (Å²) in [6, 6.07) is 5.37. The van der Waals surface area contributed by atoms with Crippen LogP contribution in [0, 0.1) is 0 Å². The van der Waals surface area contributed by atoms with Gasteiger partial charge in [0.2, 0.25) is 5.91 Å². The van der Waals surface area contributed by atoms with E-state index in [1.165, 1.54) is 14.0 Å². The van der Waals surface area contributed by atoms with Crippen molar-refractivity contribution in [1.82, 2.24) is 5.32 Å². The number of amides is 1. The van der Waals surface area contributed by atoms with Crippen LogP contribution in [-0.2, 0) is 4.79 Å². The molecule has 0 saturated heterocycles. The van der Waals surface area contributed by atoms with Gasteiger partial charge in [0.05, 0.1) is 12.7 Å². The molecule has 0 fully saturated rings. The van der Waals surface area contributed by atoms with Gasteiger partial charge in [0.25, 0.3) is 0 Å². The van der Waals surface area contributed by atoms with Crippen molar-refractivity contribution >= 4 is 18.3 Å². The minimum absolute atomic E-state index is 0.0274. The highest BCUT2D eigenvalue weighted by Crippen LogP contribution is 2.19. The number of ether oxygens (including phenoxy) is 1. The highest BCUT2D eigenvalue weighted by Gasteiger charge is 2.01. The quantitative estimate of drug-likeness (QED) is 0.618. The van der Waals surface area contributed by atoms with Crippen LogP contribution in [0.1, 0.15) is 29.3 Å². The number of benzene rings is 1. The third kappa shape index (κ3) is 4.41. The number of nitrogens with one attached hydrogen (secondary N) is 1. The Morgan fingerprint density at radius 3 is 2.83 bits per heavy atom. The zero-order chi connectivity index (χ0) is 13.4. The van der Waals surface area contributed by atoms with Gasteiger partial charge in [0, 0.05) is 13.5 Å². The summed E-state index contributed by atoms with van der Waals surface area (Å²) in [5.74, 6) is 0.536. The molecule has 0 saturated carbocycles. The Kier molecular flexibility index (Phi) is 5.64. The fraction of sp³-hybridized carbons (Fsp3) is 0.286. The number of methoxy groups -OCH3 is 1. The number of aldehydes is 1. The van der Waals surface area contributed by atoms with Gasteiger partial charge in [-0.15, -0.1) is 0 Å². The molecule has 0 atom stereocenters. The van der Waals surface area contributed by atoms with Crippen molar-refractivity contribution in [3.05, 3.63) is 35.4 Å². The van der Waals surface area contributed by atoms with Crippen LogP contribution in [0.3, 0.4) is 0 Å². The lowest BCUT2D eigenvalue weighted by atomic mass is 10.1. The molecular formula is C14H17NO3. The SMILES string of the molecule is COc1cc(C=CCCNC(C)=O)ccc1C=O. The minimum Gasteiger partial charge on any atom is -0.496 e. The zero-order valence-electron chi connectivity index (χ0n) is 10.6. The van der Waals surface area contributed by atoms with Crippen molar-refractivity contribution in [3.63, 3.8) is 0 Å². The average Bonchev–Trinajstić information content (AvgIpc) is 2.37. The van der Waals surface area contributed by atoms with Gasteiger partial charge in [-0.05, 0) is 24.1 Å². The van der Waals surface area contributed by atoms with E-state index in [9.17, 15) is 9.59 Å². The van der Waals surface area contributed by atoms with E-state index in [1.54, 1.807) is 12.1 Å². The number of hydrogen-bond acceptors (Lipinski definition) is 3. The van der Waals surface area contributed by atoms with E-state index in [2.05, 4.69) is 5.32 Å². The summed E-state index contributed by atoms with van der Waals surface area (Å²) < 4.78 is 5.11. The smallest absolute Gasteiger partial charge is 0.216 e. The van der Waals surface area contributed by atoms with Gasteiger partial charge in [-0.25, -0.2) is 0 Å². The third-order valence-electron chi connectivity index (χ3n) is 2.38. The summed E-state index contributed by atoms with van der Waals surface area (Å²) in [7, 11) is 1.53. The fourth-order valence-corrected chi connectivity index (χ4v) is 1.48. The normalized spacial score (nSPS) is 10.3. The maximum Gasteiger partial charge on any atom is 0.216 e. The van der Waals surface area contributed by atoms with Gasteiger partial charge in [-0.2, -0.15) is 0 Å². The average molecular weight is 247 g/mol. The van der Waals surface area contributed by atoms with Gasteiger partial charge in [0.1, 0.15) is 5.75 Å². The van der Waals surface area contributed by atoms with Crippen LogP contribution in [0.25, 0.3) is 6.08 Å². The first-order valence-corrected chi connectivity index (χ1v) is 5.71. The summed E-state index contributed by atoms with van der Waals surface area (Å²) in [6.07, 6.45) is 5.42. The largest absolute Gasteiger partial charge is 0.496 e. The molecule has 0 aliphatic carbocycles. The summed E-state index contributed by atoms with van der Waals surface area (Å²) >= 11 is 0. The molecule has 96 valence electrons. The molecule has 1 aromatic carbocycles. The van der Waals surface area contributed by atoms with E-state index in [4.69, 9.17) is 4.74 Å². The summed E-state index contributed by atoms with van der Waals surface area (Å²) in [6.45, 7) is 2.11. The fourth-order valence-electron chi connectivity index (χ4n) is 1.48. The topological polar surface area (TPSA) is 55.4 Å². The summed E-state index contributed by atoms with van der Waals surface area (Å²) in [4.78, 5) is 21.4. The molecule has 0 spiro atoms. The second-order valence-corrected chi connectivity index (χ2v) is 3.79. The molecule has 0 aliphatic rings. The zero-order valence-corrected chi connectivity index (χ0v) is 10.6. The third-order valence-corrected chi connectivity index (χ3v) is 2.38. The van der Waals surface area contributed by atoms with Crippen LogP contribution in [-0.4, -0.2) is 25.8 Å². The Hall–Kier alpha value is -2.10. The van der Waals surface area contributed by atoms with E-state index in [-0.39, 0.29) is 5.91 Å². The second kappa shape index (κ2) is 7.27. The van der Waals surface area contributed by atoms with E-state index in [0.717, 1.165) is 18.3 Å². The lowest BCUT2D eigenvalue weighted by molar-refractivity contribution is -0.118. The van der Waals surface area contributed by atoms with Crippen LogP contribution in [0.4, 0.5) is 0 Å². The van der Waals surface area contributed by atoms with Crippen LogP contribution < -0.4 is 10.1 Å². The molecule has 1 amide bonds. The Bertz CT molecular complexity index is 452. The molecule has 4 nitrogen and oxygen atoms in total. The molecule has 1 rings (SSSR count). The van der Waals surface area contributed by atoms with Crippen LogP contribution in [0.2, 0.25) is 0 Å². The van der Waals surface area contributed by atoms with Gasteiger partial charge in [0.15, 0.2) is 6.29 Å². The first-order chi connectivity index (χ1) is 8.67. The van der Waals surface area contributed by atoms with Crippen molar-refractivity contribution in [2.75, 3.05) is 13.7 Å². The van der Waals surface area contributed by atoms with Crippen LogP contribution >= 0.6 is 0 Å². The van der Waals surface area contributed by atoms with Crippen molar-refractivity contribution in [3.8, 4) is 5.75 Å². The van der Waals surface area contributed by atoms with Crippen molar-refractivity contribution in [1.29, 1.82) is 0 Å². The van der Waals surface area contributed by atoms with E-state index < -0.39 is 0 Å². The molecule has 0 radical (unpaired) electrons. The van der Waals surface area contributed by atoms with Gasteiger partial charge in [-0.3, -0.25) is 9.59 Å². The maximum atomic E-state index is 10.7. The van der Waals surface area contributed by atoms with Gasteiger partial charge >= 0.3 is 0 Å². The second-order valence-electron chi connectivity index (χ2n) is 3.79. The van der Waals surface area contributed by atoms with Crippen LogP contribution in [0.15, 0.2) is 24.3 Å². The molecule has 0 aromatic heterocycles. The molecule has 0 heterocycles. The first kappa shape index (κ1) is 14.0. The highest BCUT2D eigenvalue weighted by molar-refractivity contribution is 5.80. The van der Waals surface area contributed by atoms with Gasteiger partial charge < -0.3 is 10.1 Å². The van der Waals surface area contributed by atoms with E-state index >= 15 is 0 Å². The van der Waals surface area contributed by atoms with Crippen molar-refractivity contribution in [2.45, 2.75) is 13.3 Å². The first-order valence-electron chi connectivity index (χ1n) is 5.71. The molecule has 0 bridgehead atoms. The van der Waals surface area contributed by atoms with Crippen molar-refractivity contribution in [2.24, 2.45) is 0 Å². The van der Waals surface area contributed by atoms with Gasteiger partial charge in [-0.1, -0.05) is 18.2 Å². The number of hydrogen-bond donors (Lipinski definition) is 1. The molecule has 0 unspecified atom stereocenters. The summed E-state index contributed by atoms with van der Waals surface area (Å²) in [5, 5.41) is 2.71. The lowest BCUT2D eigenvalue weighted by Gasteiger charge is -2.04. The highest BCUT2D eigenvalue weighted by atomic mass is 16.5. The molecule has 4 heteroatoms. The molecule has 1 aromatic rings. The Balaban J connectivity index is 2.59. The molecule has 18 heavy (non-hydrogen) atoms. The monoisotopic (exact) mass is 247 g/mol. The minimum atomic E-state index is -0.0274. The summed E-state index contributed by atoms with van der Waals surface area (Å²) in [5.41, 5.74) is 1.49. The standard InChI is InChI=1S/C14H17NO3/c1-11(17)15-8-4-3-5-12-6-7-13(10-16)14(9-12)18-2/h3,5-7,9-10H,4,8H2,1-2H3,(H,15,17). The van der Waals surface area contributed by atoms with E-state index in [1.807, 2.05) is 18.2 Å². The number of carbonyl (C=O) groups excluding carboxylic acids is 2. The lowest BCUT2D eigenvalue weighted by Crippen LogP contribution is -2.20.